The van der Waals surface area contributed by atoms with E-state index in [0.717, 1.165) is 12.8 Å². The first-order valence-corrected chi connectivity index (χ1v) is 14.7. The second-order valence-corrected chi connectivity index (χ2v) is 16.1. The highest BCUT2D eigenvalue weighted by molar-refractivity contribution is 6.74. The summed E-state index contributed by atoms with van der Waals surface area (Å²) in [5.74, 6) is 0.631. The van der Waals surface area contributed by atoms with Gasteiger partial charge >= 0.3 is 6.09 Å². The zero-order valence-corrected chi connectivity index (χ0v) is 23.5. The molecule has 1 aliphatic rings. The molecule has 1 aliphatic heterocycles. The van der Waals surface area contributed by atoms with Gasteiger partial charge in [0, 0.05) is 12.6 Å². The van der Waals surface area contributed by atoms with Crippen molar-refractivity contribution in [2.75, 3.05) is 32.7 Å². The van der Waals surface area contributed by atoms with Crippen molar-refractivity contribution in [1.29, 1.82) is 0 Å². The third-order valence-corrected chi connectivity index (χ3v) is 11.0. The van der Waals surface area contributed by atoms with E-state index in [-0.39, 0.29) is 17.0 Å². The molecule has 1 heterocycles. The van der Waals surface area contributed by atoms with Crippen LogP contribution in [0.25, 0.3) is 0 Å². The van der Waals surface area contributed by atoms with E-state index in [1.165, 1.54) is 14.2 Å². The Kier molecular flexibility index (Phi) is 8.69. The number of nitrogens with zero attached hydrogens (tertiary/aromatic N) is 1. The molecule has 1 N–H and O–H groups in total. The number of nitrogens with one attached hydrogen (secondary N) is 1. The van der Waals surface area contributed by atoms with Crippen LogP contribution in [0.1, 0.15) is 64.7 Å². The van der Waals surface area contributed by atoms with Crippen LogP contribution < -0.4 is 14.8 Å². The van der Waals surface area contributed by atoms with Crippen LogP contribution in [-0.2, 0) is 9.16 Å². The molecule has 1 atom stereocenters. The summed E-state index contributed by atoms with van der Waals surface area (Å²) in [6.45, 7) is 17.5. The normalized spacial score (nSPS) is 16.9. The van der Waals surface area contributed by atoms with E-state index < -0.39 is 20.0 Å². The van der Waals surface area contributed by atoms with E-state index in [4.69, 9.17) is 18.6 Å². The lowest BCUT2D eigenvalue weighted by atomic mass is 10.1. The highest BCUT2D eigenvalue weighted by Gasteiger charge is 2.39. The molecule has 2 amide bonds. The van der Waals surface area contributed by atoms with Crippen LogP contribution in [-0.4, -0.2) is 64.2 Å². The van der Waals surface area contributed by atoms with Crippen molar-refractivity contribution >= 4 is 26.0 Å². The molecule has 0 saturated carbocycles. The van der Waals surface area contributed by atoms with Gasteiger partial charge in [0.15, 0.2) is 19.8 Å². The molecule has 1 aromatic carbocycles. The van der Waals surface area contributed by atoms with Crippen LogP contribution >= 0.6 is 0 Å². The summed E-state index contributed by atoms with van der Waals surface area (Å²) in [6, 6.07) is 3.18. The number of likely N-dealkylation sites (tertiary alicyclic amines) is 1. The fourth-order valence-corrected chi connectivity index (χ4v) is 4.57. The van der Waals surface area contributed by atoms with Gasteiger partial charge in [-0.3, -0.25) is 10.1 Å². The molecule has 192 valence electrons. The summed E-state index contributed by atoms with van der Waals surface area (Å²) in [7, 11) is 1.07. The van der Waals surface area contributed by atoms with E-state index in [1.807, 2.05) is 4.90 Å². The first-order valence-electron chi connectivity index (χ1n) is 11.8. The van der Waals surface area contributed by atoms with E-state index in [9.17, 15) is 9.59 Å². The zero-order chi connectivity index (χ0) is 25.9. The standard InChI is InChI=1S/C25H42N2O6Si/c1-24(2,3)33-23(29)26-19-15-21(31-8)20(30-7)14-18(19)22(28)27-13-11-12-17(27)16-32-34(9,10)25(4,5)6/h14-15,17H,11-13,16H2,1-10H3,(H,26,29)/t17-/m0/s1. The predicted octanol–water partition coefficient (Wildman–Crippen LogP) is 5.68. The number of methoxy groups -OCH3 is 2. The molecule has 1 fully saturated rings. The Balaban J connectivity index is 2.34. The minimum Gasteiger partial charge on any atom is -0.493 e. The Morgan fingerprint density at radius 3 is 2.18 bits per heavy atom. The Hall–Kier alpha value is -2.26. The van der Waals surface area contributed by atoms with Gasteiger partial charge in [0.05, 0.1) is 38.1 Å². The third-order valence-electron chi connectivity index (χ3n) is 6.47. The Labute approximate surface area is 205 Å². The Morgan fingerprint density at radius 1 is 1.06 bits per heavy atom. The topological polar surface area (TPSA) is 86.3 Å². The summed E-state index contributed by atoms with van der Waals surface area (Å²) in [5.41, 5.74) is -0.0398. The smallest absolute Gasteiger partial charge is 0.412 e. The highest BCUT2D eigenvalue weighted by atomic mass is 28.4. The lowest BCUT2D eigenvalue weighted by Crippen LogP contribution is -2.46. The molecule has 1 aromatic rings. The number of hydrogen-bond donors (Lipinski definition) is 1. The SMILES string of the molecule is COc1cc(NC(=O)OC(C)(C)C)c(C(=O)N2CCC[C@H]2CO[Si](C)(C)C(C)(C)C)cc1OC. The first kappa shape index (κ1) is 28.0. The van der Waals surface area contributed by atoms with Crippen molar-refractivity contribution in [3.8, 4) is 11.5 Å². The summed E-state index contributed by atoms with van der Waals surface area (Å²) in [6.07, 6.45) is 1.13. The maximum Gasteiger partial charge on any atom is 0.412 e. The molecule has 8 nitrogen and oxygen atoms in total. The number of amides is 2. The van der Waals surface area contributed by atoms with Gasteiger partial charge in [-0.1, -0.05) is 20.8 Å². The van der Waals surface area contributed by atoms with E-state index in [2.05, 4.69) is 39.2 Å². The molecule has 0 aliphatic carbocycles. The molecule has 2 rings (SSSR count). The number of benzene rings is 1. The number of hydrogen-bond acceptors (Lipinski definition) is 6. The van der Waals surface area contributed by atoms with Crippen LogP contribution in [0.15, 0.2) is 12.1 Å². The largest absolute Gasteiger partial charge is 0.493 e. The fourth-order valence-electron chi connectivity index (χ4n) is 3.52. The molecule has 0 radical (unpaired) electrons. The minimum atomic E-state index is -1.95. The molecule has 0 bridgehead atoms. The highest BCUT2D eigenvalue weighted by Crippen LogP contribution is 2.38. The molecular formula is C25H42N2O6Si. The second kappa shape index (κ2) is 10.6. The molecule has 9 heteroatoms. The quantitative estimate of drug-likeness (QED) is 0.491. The lowest BCUT2D eigenvalue weighted by Gasteiger charge is -2.38. The average Bonchev–Trinajstić information content (AvgIpc) is 3.17. The van der Waals surface area contributed by atoms with Crippen molar-refractivity contribution in [2.24, 2.45) is 0 Å². The second-order valence-electron chi connectivity index (χ2n) is 11.2. The van der Waals surface area contributed by atoms with Gasteiger partial charge in [-0.15, -0.1) is 0 Å². The Morgan fingerprint density at radius 2 is 1.65 bits per heavy atom. The molecule has 0 spiro atoms. The van der Waals surface area contributed by atoms with Crippen LogP contribution in [0, 0.1) is 0 Å². The Bertz CT molecular complexity index is 889. The number of anilines is 1. The van der Waals surface area contributed by atoms with Gasteiger partial charge in [0.25, 0.3) is 5.91 Å². The van der Waals surface area contributed by atoms with E-state index >= 15 is 0 Å². The van der Waals surface area contributed by atoms with Gasteiger partial charge in [0.1, 0.15) is 5.60 Å². The van der Waals surface area contributed by atoms with Crippen LogP contribution in [0.5, 0.6) is 11.5 Å². The van der Waals surface area contributed by atoms with Crippen molar-refractivity contribution in [3.05, 3.63) is 17.7 Å². The van der Waals surface area contributed by atoms with E-state index in [1.54, 1.807) is 32.9 Å². The summed E-state index contributed by atoms with van der Waals surface area (Å²) < 4.78 is 22.7. The maximum absolute atomic E-state index is 13.7. The molecule has 0 unspecified atom stereocenters. The molecule has 1 saturated heterocycles. The van der Waals surface area contributed by atoms with Crippen molar-refractivity contribution in [1.82, 2.24) is 4.90 Å². The van der Waals surface area contributed by atoms with Gasteiger partial charge in [-0.2, -0.15) is 0 Å². The number of rotatable bonds is 7. The number of carbonyl (C=O) groups is 2. The fraction of sp³-hybridized carbons (Fsp3) is 0.680. The monoisotopic (exact) mass is 494 g/mol. The summed E-state index contributed by atoms with van der Waals surface area (Å²) >= 11 is 0. The number of ether oxygens (including phenoxy) is 3. The van der Waals surface area contributed by atoms with Crippen molar-refractivity contribution in [3.63, 3.8) is 0 Å². The van der Waals surface area contributed by atoms with Gasteiger partial charge in [-0.05, 0) is 57.8 Å². The van der Waals surface area contributed by atoms with Crippen LogP contribution in [0.3, 0.4) is 0 Å². The van der Waals surface area contributed by atoms with Crippen molar-refractivity contribution < 1.29 is 28.2 Å². The zero-order valence-electron chi connectivity index (χ0n) is 22.5. The molecule has 34 heavy (non-hydrogen) atoms. The summed E-state index contributed by atoms with van der Waals surface area (Å²) in [4.78, 5) is 28.1. The van der Waals surface area contributed by atoms with Crippen LogP contribution in [0.2, 0.25) is 18.1 Å². The first-order chi connectivity index (χ1) is 15.6. The van der Waals surface area contributed by atoms with Gasteiger partial charge in [-0.25, -0.2) is 4.79 Å². The van der Waals surface area contributed by atoms with Crippen LogP contribution in [0.4, 0.5) is 10.5 Å². The minimum absolute atomic E-state index is 0.0240. The maximum atomic E-state index is 13.7. The summed E-state index contributed by atoms with van der Waals surface area (Å²) in [5, 5.41) is 2.81. The molecule has 0 aromatic heterocycles. The number of carbonyl (C=O) groups excluding carboxylic acids is 2. The third kappa shape index (κ3) is 6.88. The molecular weight excluding hydrogens is 452 g/mol. The van der Waals surface area contributed by atoms with Gasteiger partial charge < -0.3 is 23.5 Å². The lowest BCUT2D eigenvalue weighted by molar-refractivity contribution is 0.0635. The van der Waals surface area contributed by atoms with E-state index in [0.29, 0.717) is 35.9 Å². The predicted molar refractivity (Wildman–Crippen MR) is 137 cm³/mol. The average molecular weight is 495 g/mol. The van der Waals surface area contributed by atoms with Gasteiger partial charge in [0.2, 0.25) is 0 Å². The van der Waals surface area contributed by atoms with Crippen molar-refractivity contribution in [2.45, 2.75) is 84.2 Å².